The maximum Gasteiger partial charge on any atom is 0.343 e. The van der Waals surface area contributed by atoms with Crippen molar-refractivity contribution in [3.8, 4) is 0 Å². The van der Waals surface area contributed by atoms with Crippen molar-refractivity contribution < 1.29 is 14.3 Å². The van der Waals surface area contributed by atoms with Gasteiger partial charge in [0.15, 0.2) is 5.78 Å². The van der Waals surface area contributed by atoms with E-state index >= 15 is 0 Å². The second-order valence-electron chi connectivity index (χ2n) is 3.12. The molecule has 0 aromatic heterocycles. The summed E-state index contributed by atoms with van der Waals surface area (Å²) < 4.78 is 4.95. The van der Waals surface area contributed by atoms with Crippen LogP contribution in [0.2, 0.25) is 0 Å². The smallest absolute Gasteiger partial charge is 0.343 e. The summed E-state index contributed by atoms with van der Waals surface area (Å²) in [6, 6.07) is 8.63. The predicted octanol–water partition coefficient (Wildman–Crippen LogP) is 2.34. The van der Waals surface area contributed by atoms with Crippen LogP contribution in [-0.4, -0.2) is 11.8 Å². The highest BCUT2D eigenvalue weighted by Crippen LogP contribution is 2.05. The fourth-order valence-corrected chi connectivity index (χ4v) is 1.10. The minimum absolute atomic E-state index is 0.145. The van der Waals surface area contributed by atoms with E-state index in [0.29, 0.717) is 11.3 Å². The summed E-state index contributed by atoms with van der Waals surface area (Å²) in [4.78, 5) is 22.2. The Labute approximate surface area is 88.4 Å². The summed E-state index contributed by atoms with van der Waals surface area (Å²) in [5, 5.41) is 0. The highest BCUT2D eigenvalue weighted by atomic mass is 16.5. The van der Waals surface area contributed by atoms with Crippen LogP contribution in [0.25, 0.3) is 0 Å². The molecule has 0 amide bonds. The van der Waals surface area contributed by atoms with E-state index in [9.17, 15) is 9.59 Å². The number of benzene rings is 1. The molecule has 0 aliphatic rings. The van der Waals surface area contributed by atoms with Crippen molar-refractivity contribution in [2.24, 2.45) is 0 Å². The summed E-state index contributed by atoms with van der Waals surface area (Å²) in [6.45, 7) is 2.97. The molecule has 1 aromatic rings. The molecule has 15 heavy (non-hydrogen) atoms. The van der Waals surface area contributed by atoms with Crippen LogP contribution in [0.4, 0.5) is 0 Å². The van der Waals surface area contributed by atoms with Crippen LogP contribution in [0.1, 0.15) is 24.2 Å². The highest BCUT2D eigenvalue weighted by molar-refractivity contribution is 5.91. The predicted molar refractivity (Wildman–Crippen MR) is 56.3 cm³/mol. The second-order valence-corrected chi connectivity index (χ2v) is 3.12. The first-order valence-electron chi connectivity index (χ1n) is 4.55. The van der Waals surface area contributed by atoms with Crippen molar-refractivity contribution in [1.82, 2.24) is 0 Å². The number of carbonyl (C=O) groups excluding carboxylic acids is 2. The van der Waals surface area contributed by atoms with Crippen LogP contribution in [0, 0.1) is 0 Å². The molecular weight excluding hydrogens is 192 g/mol. The average molecular weight is 204 g/mol. The summed E-state index contributed by atoms with van der Waals surface area (Å²) in [7, 11) is 0. The van der Waals surface area contributed by atoms with Gasteiger partial charge in [-0.15, -0.1) is 0 Å². The maximum atomic E-state index is 11.5. The zero-order valence-electron chi connectivity index (χ0n) is 8.69. The lowest BCUT2D eigenvalue weighted by Crippen LogP contribution is -2.04. The van der Waals surface area contributed by atoms with Gasteiger partial charge in [0.05, 0.1) is 5.56 Å². The van der Waals surface area contributed by atoms with Crippen molar-refractivity contribution in [2.75, 3.05) is 0 Å². The van der Waals surface area contributed by atoms with E-state index in [1.165, 1.54) is 13.0 Å². The van der Waals surface area contributed by atoms with E-state index in [2.05, 4.69) is 0 Å². The van der Waals surface area contributed by atoms with Crippen LogP contribution < -0.4 is 0 Å². The number of ketones is 1. The van der Waals surface area contributed by atoms with E-state index < -0.39 is 5.97 Å². The Morgan fingerprint density at radius 3 is 2.27 bits per heavy atom. The van der Waals surface area contributed by atoms with E-state index in [4.69, 9.17) is 4.74 Å². The Morgan fingerprint density at radius 2 is 1.73 bits per heavy atom. The van der Waals surface area contributed by atoms with Crippen LogP contribution in [0.15, 0.2) is 42.2 Å². The van der Waals surface area contributed by atoms with E-state index in [1.54, 1.807) is 31.2 Å². The van der Waals surface area contributed by atoms with Crippen LogP contribution in [0.3, 0.4) is 0 Å². The monoisotopic (exact) mass is 204 g/mol. The van der Waals surface area contributed by atoms with Gasteiger partial charge in [0, 0.05) is 6.08 Å². The zero-order chi connectivity index (χ0) is 11.3. The molecule has 0 atom stereocenters. The van der Waals surface area contributed by atoms with Gasteiger partial charge in [-0.2, -0.15) is 0 Å². The molecule has 3 nitrogen and oxygen atoms in total. The lowest BCUT2D eigenvalue weighted by molar-refractivity contribution is -0.112. The fraction of sp³-hybridized carbons (Fsp3) is 0.167. The molecule has 0 saturated carbocycles. The van der Waals surface area contributed by atoms with E-state index in [0.717, 1.165) is 0 Å². The quantitative estimate of drug-likeness (QED) is 0.431. The molecule has 0 N–H and O–H groups in total. The normalized spacial score (nSPS) is 10.9. The molecule has 0 aliphatic heterocycles. The maximum absolute atomic E-state index is 11.5. The Kier molecular flexibility index (Phi) is 3.80. The number of hydrogen-bond acceptors (Lipinski definition) is 3. The van der Waals surface area contributed by atoms with Gasteiger partial charge in [-0.1, -0.05) is 18.2 Å². The van der Waals surface area contributed by atoms with Gasteiger partial charge in [0.25, 0.3) is 0 Å². The van der Waals surface area contributed by atoms with Crippen LogP contribution in [-0.2, 0) is 9.53 Å². The first-order valence-corrected chi connectivity index (χ1v) is 4.55. The number of carbonyl (C=O) groups is 2. The second kappa shape index (κ2) is 5.10. The Hall–Kier alpha value is -1.90. The molecule has 78 valence electrons. The lowest BCUT2D eigenvalue weighted by Gasteiger charge is -2.03. The summed E-state index contributed by atoms with van der Waals surface area (Å²) >= 11 is 0. The third-order valence-electron chi connectivity index (χ3n) is 1.67. The van der Waals surface area contributed by atoms with Crippen molar-refractivity contribution in [3.05, 3.63) is 47.7 Å². The molecule has 0 radical (unpaired) electrons. The highest BCUT2D eigenvalue weighted by Gasteiger charge is 2.06. The third kappa shape index (κ3) is 3.77. The first kappa shape index (κ1) is 11.2. The number of hydrogen-bond donors (Lipinski definition) is 0. The molecule has 0 unspecified atom stereocenters. The topological polar surface area (TPSA) is 43.4 Å². The van der Waals surface area contributed by atoms with E-state index in [1.807, 2.05) is 6.07 Å². The van der Waals surface area contributed by atoms with Gasteiger partial charge in [0.1, 0.15) is 5.76 Å². The van der Waals surface area contributed by atoms with Crippen LogP contribution in [0.5, 0.6) is 0 Å². The summed E-state index contributed by atoms with van der Waals surface area (Å²) in [5.41, 5.74) is 0.466. The molecular formula is C12H12O3. The SMILES string of the molecule is CC(=O)/C=C(\C)OC(=O)c1ccccc1. The van der Waals surface area contributed by atoms with Gasteiger partial charge in [-0.3, -0.25) is 4.79 Å². The van der Waals surface area contributed by atoms with Gasteiger partial charge in [-0.05, 0) is 26.0 Å². The Morgan fingerprint density at radius 1 is 1.13 bits per heavy atom. The minimum atomic E-state index is -0.453. The van der Waals surface area contributed by atoms with Gasteiger partial charge >= 0.3 is 5.97 Å². The molecule has 0 fully saturated rings. The molecule has 1 aromatic carbocycles. The number of rotatable bonds is 3. The van der Waals surface area contributed by atoms with Crippen molar-refractivity contribution in [2.45, 2.75) is 13.8 Å². The first-order chi connectivity index (χ1) is 7.09. The minimum Gasteiger partial charge on any atom is -0.428 e. The molecule has 0 saturated heterocycles. The Balaban J connectivity index is 2.69. The van der Waals surface area contributed by atoms with Gasteiger partial charge in [-0.25, -0.2) is 4.79 Å². The zero-order valence-corrected chi connectivity index (χ0v) is 8.69. The van der Waals surface area contributed by atoms with Crippen molar-refractivity contribution in [1.29, 1.82) is 0 Å². The lowest BCUT2D eigenvalue weighted by atomic mass is 10.2. The largest absolute Gasteiger partial charge is 0.428 e. The molecule has 0 heterocycles. The van der Waals surface area contributed by atoms with Crippen LogP contribution >= 0.6 is 0 Å². The Bertz CT molecular complexity index is 391. The molecule has 0 bridgehead atoms. The van der Waals surface area contributed by atoms with Crippen molar-refractivity contribution in [3.63, 3.8) is 0 Å². The van der Waals surface area contributed by atoms with Crippen molar-refractivity contribution >= 4 is 11.8 Å². The molecule has 0 aliphatic carbocycles. The number of ether oxygens (including phenoxy) is 1. The number of esters is 1. The fourth-order valence-electron chi connectivity index (χ4n) is 1.10. The number of allylic oxidation sites excluding steroid dienone is 2. The summed E-state index contributed by atoms with van der Waals surface area (Å²) in [5.74, 6) is -0.296. The molecule has 3 heteroatoms. The van der Waals surface area contributed by atoms with Gasteiger partial charge in [0.2, 0.25) is 0 Å². The third-order valence-corrected chi connectivity index (χ3v) is 1.67. The summed E-state index contributed by atoms with van der Waals surface area (Å²) in [6.07, 6.45) is 1.28. The van der Waals surface area contributed by atoms with E-state index in [-0.39, 0.29) is 5.78 Å². The molecule has 0 spiro atoms. The van der Waals surface area contributed by atoms with Gasteiger partial charge < -0.3 is 4.74 Å². The molecule has 1 rings (SSSR count). The standard InChI is InChI=1S/C12H12O3/c1-9(13)8-10(2)15-12(14)11-6-4-3-5-7-11/h3-8H,1-2H3/b10-8+. The average Bonchev–Trinajstić information content (AvgIpc) is 2.17.